The van der Waals surface area contributed by atoms with Gasteiger partial charge < -0.3 is 29.7 Å². The molecule has 1 aromatic carbocycles. The van der Waals surface area contributed by atoms with E-state index >= 15 is 0 Å². The molecule has 8 heteroatoms. The predicted octanol–water partition coefficient (Wildman–Crippen LogP) is 1.63. The molecule has 2 heterocycles. The Bertz CT molecular complexity index is 659. The van der Waals surface area contributed by atoms with Gasteiger partial charge in [0.05, 0.1) is 6.61 Å². The van der Waals surface area contributed by atoms with E-state index in [1.807, 2.05) is 18.2 Å². The van der Waals surface area contributed by atoms with Crippen LogP contribution in [0, 0.1) is 0 Å². The molecule has 148 valence electrons. The highest BCUT2D eigenvalue weighted by molar-refractivity contribution is 5.76. The number of nitrogens with one attached hydrogen (secondary N) is 2. The highest BCUT2D eigenvalue weighted by atomic mass is 16.7. The first-order chi connectivity index (χ1) is 13.2. The van der Waals surface area contributed by atoms with Gasteiger partial charge >= 0.3 is 6.09 Å². The molecule has 0 aromatic heterocycles. The molecule has 8 nitrogen and oxygen atoms in total. The van der Waals surface area contributed by atoms with Gasteiger partial charge in [-0.2, -0.15) is 0 Å². The fourth-order valence-corrected chi connectivity index (χ4v) is 3.21. The summed E-state index contributed by atoms with van der Waals surface area (Å²) in [6.07, 6.45) is 1.67. The van der Waals surface area contributed by atoms with Crippen molar-refractivity contribution in [1.29, 1.82) is 0 Å². The second kappa shape index (κ2) is 9.45. The molecule has 0 aliphatic carbocycles. The van der Waals surface area contributed by atoms with Crippen LogP contribution in [-0.2, 0) is 16.1 Å². The third kappa shape index (κ3) is 5.50. The summed E-state index contributed by atoms with van der Waals surface area (Å²) in [5.74, 6) is 1.57. The summed E-state index contributed by atoms with van der Waals surface area (Å²) in [5.41, 5.74) is 1.09. The topological polar surface area (TPSA) is 89.1 Å². The van der Waals surface area contributed by atoms with E-state index in [4.69, 9.17) is 14.2 Å². The van der Waals surface area contributed by atoms with Crippen LogP contribution in [-0.4, -0.2) is 56.0 Å². The van der Waals surface area contributed by atoms with Crippen LogP contribution >= 0.6 is 0 Å². The van der Waals surface area contributed by atoms with Gasteiger partial charge in [-0.25, -0.2) is 4.79 Å². The summed E-state index contributed by atoms with van der Waals surface area (Å²) in [4.78, 5) is 25.5. The molecule has 0 bridgehead atoms. The maximum atomic E-state index is 12.1. The minimum atomic E-state index is -0.269. The largest absolute Gasteiger partial charge is 0.454 e. The van der Waals surface area contributed by atoms with Gasteiger partial charge in [0.1, 0.15) is 0 Å². The van der Waals surface area contributed by atoms with Crippen molar-refractivity contribution in [2.24, 2.45) is 0 Å². The number of piperidine rings is 1. The van der Waals surface area contributed by atoms with E-state index in [2.05, 4.69) is 10.6 Å². The normalized spacial score (nSPS) is 16.3. The molecule has 0 saturated carbocycles. The van der Waals surface area contributed by atoms with E-state index in [0.29, 0.717) is 39.2 Å². The summed E-state index contributed by atoms with van der Waals surface area (Å²) in [7, 11) is 0. The Balaban J connectivity index is 1.29. The smallest absolute Gasteiger partial charge is 0.409 e. The predicted molar refractivity (Wildman–Crippen MR) is 98.6 cm³/mol. The first-order valence-corrected chi connectivity index (χ1v) is 9.46. The van der Waals surface area contributed by atoms with E-state index in [-0.39, 0.29) is 24.8 Å². The number of fused-ring (bicyclic) bond motifs is 1. The average Bonchev–Trinajstić information content (AvgIpc) is 3.14. The van der Waals surface area contributed by atoms with Crippen LogP contribution in [0.3, 0.4) is 0 Å². The van der Waals surface area contributed by atoms with Crippen molar-refractivity contribution in [2.75, 3.05) is 33.0 Å². The van der Waals surface area contributed by atoms with Gasteiger partial charge in [-0.1, -0.05) is 6.07 Å². The molecule has 1 saturated heterocycles. The van der Waals surface area contributed by atoms with Crippen LogP contribution in [0.4, 0.5) is 4.79 Å². The quantitative estimate of drug-likeness (QED) is 0.702. The second-order valence-electron chi connectivity index (χ2n) is 6.64. The van der Waals surface area contributed by atoms with Gasteiger partial charge in [-0.3, -0.25) is 4.79 Å². The van der Waals surface area contributed by atoms with Crippen molar-refractivity contribution < 1.29 is 23.8 Å². The molecule has 0 spiro atoms. The highest BCUT2D eigenvalue weighted by Gasteiger charge is 2.24. The third-order valence-corrected chi connectivity index (χ3v) is 4.68. The van der Waals surface area contributed by atoms with Crippen LogP contribution in [0.1, 0.15) is 31.7 Å². The fraction of sp³-hybridized carbons (Fsp3) is 0.579. The molecule has 2 N–H and O–H groups in total. The zero-order valence-electron chi connectivity index (χ0n) is 15.7. The summed E-state index contributed by atoms with van der Waals surface area (Å²) >= 11 is 0. The number of nitrogens with zero attached hydrogens (tertiary/aromatic N) is 1. The molecule has 0 atom stereocenters. The van der Waals surface area contributed by atoms with Crippen LogP contribution in [0.5, 0.6) is 11.5 Å². The Morgan fingerprint density at radius 1 is 1.22 bits per heavy atom. The molecule has 2 amide bonds. The van der Waals surface area contributed by atoms with Crippen LogP contribution in [0.15, 0.2) is 18.2 Å². The Morgan fingerprint density at radius 2 is 2.00 bits per heavy atom. The molecular weight excluding hydrogens is 350 g/mol. The molecule has 1 aromatic rings. The van der Waals surface area contributed by atoms with E-state index in [9.17, 15) is 9.59 Å². The molecule has 0 unspecified atom stereocenters. The lowest BCUT2D eigenvalue weighted by atomic mass is 10.1. The number of carbonyl (C=O) groups is 2. The van der Waals surface area contributed by atoms with Crippen molar-refractivity contribution in [1.82, 2.24) is 15.5 Å². The fourth-order valence-electron chi connectivity index (χ4n) is 3.21. The molecular formula is C19H27N3O5. The standard InChI is InChI=1S/C19H27N3O5/c1-2-25-19(24)22-9-6-15(7-10-22)21-18(23)5-8-20-12-14-3-4-16-17(11-14)27-13-26-16/h3-4,11,15,20H,2,5-10,12-13H2,1H3,(H,21,23). The van der Waals surface area contributed by atoms with Crippen molar-refractivity contribution in [2.45, 2.75) is 38.8 Å². The maximum absolute atomic E-state index is 12.1. The lowest BCUT2D eigenvalue weighted by molar-refractivity contribution is -0.122. The van der Waals surface area contributed by atoms with Gasteiger partial charge in [0.25, 0.3) is 0 Å². The lowest BCUT2D eigenvalue weighted by Gasteiger charge is -2.31. The Kier molecular flexibility index (Phi) is 6.75. The summed E-state index contributed by atoms with van der Waals surface area (Å²) < 4.78 is 15.6. The van der Waals surface area contributed by atoms with Crippen molar-refractivity contribution in [3.63, 3.8) is 0 Å². The van der Waals surface area contributed by atoms with Crippen molar-refractivity contribution in [3.05, 3.63) is 23.8 Å². The van der Waals surface area contributed by atoms with Gasteiger partial charge in [-0.05, 0) is 37.5 Å². The summed E-state index contributed by atoms with van der Waals surface area (Å²) in [5, 5.41) is 6.32. The Labute approximate surface area is 159 Å². The van der Waals surface area contributed by atoms with Crippen LogP contribution in [0.25, 0.3) is 0 Å². The zero-order chi connectivity index (χ0) is 19.1. The van der Waals surface area contributed by atoms with Gasteiger partial charge in [0, 0.05) is 38.6 Å². The van der Waals surface area contributed by atoms with Crippen LogP contribution < -0.4 is 20.1 Å². The van der Waals surface area contributed by atoms with E-state index in [0.717, 1.165) is 29.9 Å². The number of rotatable bonds is 7. The minimum Gasteiger partial charge on any atom is -0.454 e. The number of likely N-dealkylation sites (tertiary alicyclic amines) is 1. The number of ether oxygens (including phenoxy) is 3. The number of hydrogen-bond acceptors (Lipinski definition) is 6. The van der Waals surface area contributed by atoms with Crippen molar-refractivity contribution >= 4 is 12.0 Å². The monoisotopic (exact) mass is 377 g/mol. The lowest BCUT2D eigenvalue weighted by Crippen LogP contribution is -2.47. The van der Waals surface area contributed by atoms with Crippen molar-refractivity contribution in [3.8, 4) is 11.5 Å². The van der Waals surface area contributed by atoms with Gasteiger partial charge in [0.2, 0.25) is 12.7 Å². The first kappa shape index (κ1) is 19.3. The Morgan fingerprint density at radius 3 is 2.78 bits per heavy atom. The molecule has 0 radical (unpaired) electrons. The number of benzene rings is 1. The zero-order valence-corrected chi connectivity index (χ0v) is 15.7. The van der Waals surface area contributed by atoms with E-state index in [1.54, 1.807) is 11.8 Å². The van der Waals surface area contributed by atoms with Gasteiger partial charge in [0.15, 0.2) is 11.5 Å². The number of hydrogen-bond donors (Lipinski definition) is 2. The minimum absolute atomic E-state index is 0.0303. The maximum Gasteiger partial charge on any atom is 0.409 e. The summed E-state index contributed by atoms with van der Waals surface area (Å²) in [6, 6.07) is 5.95. The molecule has 3 rings (SSSR count). The first-order valence-electron chi connectivity index (χ1n) is 9.46. The van der Waals surface area contributed by atoms with Crippen LogP contribution in [0.2, 0.25) is 0 Å². The second-order valence-corrected chi connectivity index (χ2v) is 6.64. The summed E-state index contributed by atoms with van der Waals surface area (Å²) in [6.45, 7) is 4.95. The SMILES string of the molecule is CCOC(=O)N1CCC(NC(=O)CCNCc2ccc3c(c2)OCO3)CC1. The van der Waals surface area contributed by atoms with E-state index < -0.39 is 0 Å². The molecule has 1 fully saturated rings. The molecule has 27 heavy (non-hydrogen) atoms. The third-order valence-electron chi connectivity index (χ3n) is 4.68. The molecule has 2 aliphatic heterocycles. The van der Waals surface area contributed by atoms with Gasteiger partial charge in [-0.15, -0.1) is 0 Å². The number of carbonyl (C=O) groups excluding carboxylic acids is 2. The Hall–Kier alpha value is -2.48. The molecule has 2 aliphatic rings. The highest BCUT2D eigenvalue weighted by Crippen LogP contribution is 2.32. The number of amides is 2. The average molecular weight is 377 g/mol. The van der Waals surface area contributed by atoms with E-state index in [1.165, 1.54) is 0 Å².